The van der Waals surface area contributed by atoms with Crippen LogP contribution in [0.15, 0.2) is 18.2 Å². The van der Waals surface area contributed by atoms with Gasteiger partial charge in [0.05, 0.1) is 5.02 Å². The van der Waals surface area contributed by atoms with Gasteiger partial charge in [0, 0.05) is 6.04 Å². The summed E-state index contributed by atoms with van der Waals surface area (Å²) in [5.74, 6) is 0.119. The smallest absolute Gasteiger partial charge is 0.142 e. The largest absolute Gasteiger partial charge is 0.313 e. The fraction of sp³-hybridized carbons (Fsp3) is 0.500. The van der Waals surface area contributed by atoms with Crippen LogP contribution in [0.1, 0.15) is 31.9 Å². The highest BCUT2D eigenvalue weighted by Gasteiger charge is 2.16. The third-order valence-corrected chi connectivity index (χ3v) is 3.13. The summed E-state index contributed by atoms with van der Waals surface area (Å²) in [4.78, 5) is 0. The van der Waals surface area contributed by atoms with Crippen LogP contribution in [-0.2, 0) is 0 Å². The van der Waals surface area contributed by atoms with Gasteiger partial charge in [-0.05, 0) is 30.7 Å². The van der Waals surface area contributed by atoms with E-state index in [4.69, 9.17) is 11.6 Å². The summed E-state index contributed by atoms with van der Waals surface area (Å²) in [5.41, 5.74) is 0.953. The molecule has 84 valence electrons. The Hall–Kier alpha value is -0.600. The topological polar surface area (TPSA) is 12.0 Å². The lowest BCUT2D eigenvalue weighted by Crippen LogP contribution is -2.23. The molecule has 2 unspecified atom stereocenters. The van der Waals surface area contributed by atoms with Gasteiger partial charge < -0.3 is 5.32 Å². The fourth-order valence-corrected chi connectivity index (χ4v) is 1.84. The summed E-state index contributed by atoms with van der Waals surface area (Å²) in [5, 5.41) is 3.38. The van der Waals surface area contributed by atoms with E-state index in [9.17, 15) is 4.39 Å². The van der Waals surface area contributed by atoms with Gasteiger partial charge in [0.25, 0.3) is 0 Å². The van der Waals surface area contributed by atoms with E-state index in [1.165, 1.54) is 6.07 Å². The zero-order chi connectivity index (χ0) is 11.4. The lowest BCUT2D eigenvalue weighted by atomic mass is 9.92. The Balaban J connectivity index is 2.97. The minimum Gasteiger partial charge on any atom is -0.313 e. The van der Waals surface area contributed by atoms with Gasteiger partial charge in [-0.1, -0.05) is 37.9 Å². The second kappa shape index (κ2) is 5.47. The molecule has 0 aliphatic heterocycles. The van der Waals surface area contributed by atoms with Crippen LogP contribution in [0.4, 0.5) is 4.39 Å². The van der Waals surface area contributed by atoms with Gasteiger partial charge >= 0.3 is 0 Å². The molecule has 0 heterocycles. The molecule has 0 saturated heterocycles. The predicted octanol–water partition coefficient (Wildman–Crippen LogP) is 3.79. The monoisotopic (exact) mass is 229 g/mol. The molecule has 1 N–H and O–H groups in total. The van der Waals surface area contributed by atoms with Crippen LogP contribution in [0.3, 0.4) is 0 Å². The number of hydrogen-bond donors (Lipinski definition) is 1. The van der Waals surface area contributed by atoms with Gasteiger partial charge in [0.2, 0.25) is 0 Å². The summed E-state index contributed by atoms with van der Waals surface area (Å²) in [6, 6.07) is 5.18. The number of nitrogens with one attached hydrogen (secondary N) is 1. The summed E-state index contributed by atoms with van der Waals surface area (Å²) >= 11 is 5.65. The molecule has 0 aliphatic carbocycles. The first-order chi connectivity index (χ1) is 7.10. The average Bonchev–Trinajstić information content (AvgIpc) is 2.24. The molecule has 0 fully saturated rings. The third kappa shape index (κ3) is 2.93. The van der Waals surface area contributed by atoms with Crippen molar-refractivity contribution in [2.45, 2.75) is 26.3 Å². The van der Waals surface area contributed by atoms with Crippen LogP contribution in [0, 0.1) is 11.7 Å². The van der Waals surface area contributed by atoms with Crippen molar-refractivity contribution in [2.75, 3.05) is 7.05 Å². The Kier molecular flexibility index (Phi) is 4.55. The van der Waals surface area contributed by atoms with Crippen LogP contribution in [-0.4, -0.2) is 7.05 Å². The molecule has 0 amide bonds. The number of benzene rings is 1. The van der Waals surface area contributed by atoms with E-state index < -0.39 is 0 Å². The molecule has 1 nitrogen and oxygen atoms in total. The van der Waals surface area contributed by atoms with E-state index in [2.05, 4.69) is 19.2 Å². The van der Waals surface area contributed by atoms with Gasteiger partial charge in [0.1, 0.15) is 5.82 Å². The number of hydrogen-bond acceptors (Lipinski definition) is 1. The first-order valence-corrected chi connectivity index (χ1v) is 5.60. The minimum absolute atomic E-state index is 0.178. The molecule has 2 atom stereocenters. The third-order valence-electron chi connectivity index (χ3n) is 2.83. The van der Waals surface area contributed by atoms with Crippen molar-refractivity contribution < 1.29 is 4.39 Å². The van der Waals surface area contributed by atoms with Crippen molar-refractivity contribution >= 4 is 11.6 Å². The molecule has 0 aliphatic rings. The number of halogens is 2. The molecule has 1 aromatic rings. The fourth-order valence-electron chi connectivity index (χ4n) is 1.72. The maximum Gasteiger partial charge on any atom is 0.142 e. The zero-order valence-corrected chi connectivity index (χ0v) is 10.1. The lowest BCUT2D eigenvalue weighted by Gasteiger charge is -2.23. The highest BCUT2D eigenvalue weighted by atomic mass is 35.5. The maximum atomic E-state index is 13.3. The standard InChI is InChI=1S/C12H17ClFN/c1-4-8(2)12(15-3)9-5-6-10(13)11(14)7-9/h5-8,12,15H,4H2,1-3H3. The Bertz CT molecular complexity index is 327. The van der Waals surface area contributed by atoms with Crippen molar-refractivity contribution in [3.63, 3.8) is 0 Å². The summed E-state index contributed by atoms with van der Waals surface area (Å²) in [6.45, 7) is 4.27. The number of rotatable bonds is 4. The molecular weight excluding hydrogens is 213 g/mol. The second-order valence-electron chi connectivity index (χ2n) is 3.83. The first kappa shape index (κ1) is 12.5. The van der Waals surface area contributed by atoms with E-state index in [-0.39, 0.29) is 16.9 Å². The Morgan fingerprint density at radius 2 is 2.13 bits per heavy atom. The SMILES string of the molecule is CCC(C)C(NC)c1ccc(Cl)c(F)c1. The van der Waals surface area contributed by atoms with Crippen molar-refractivity contribution in [3.8, 4) is 0 Å². The van der Waals surface area contributed by atoms with Crippen molar-refractivity contribution in [1.82, 2.24) is 5.32 Å². The van der Waals surface area contributed by atoms with Crippen LogP contribution in [0.2, 0.25) is 5.02 Å². The average molecular weight is 230 g/mol. The maximum absolute atomic E-state index is 13.3. The van der Waals surface area contributed by atoms with Crippen LogP contribution in [0.25, 0.3) is 0 Å². The van der Waals surface area contributed by atoms with E-state index >= 15 is 0 Å². The highest BCUT2D eigenvalue weighted by Crippen LogP contribution is 2.26. The van der Waals surface area contributed by atoms with Gasteiger partial charge in [0.15, 0.2) is 0 Å². The molecule has 3 heteroatoms. The molecule has 0 saturated carbocycles. The summed E-state index contributed by atoms with van der Waals surface area (Å²) in [7, 11) is 1.89. The van der Waals surface area contributed by atoms with E-state index in [1.54, 1.807) is 6.07 Å². The molecule has 0 radical (unpaired) electrons. The van der Waals surface area contributed by atoms with Crippen molar-refractivity contribution in [1.29, 1.82) is 0 Å². The van der Waals surface area contributed by atoms with E-state index in [1.807, 2.05) is 13.1 Å². The Morgan fingerprint density at radius 1 is 1.47 bits per heavy atom. The molecule has 1 rings (SSSR count). The van der Waals surface area contributed by atoms with Crippen molar-refractivity contribution in [3.05, 3.63) is 34.6 Å². The highest BCUT2D eigenvalue weighted by molar-refractivity contribution is 6.30. The molecule has 0 spiro atoms. The van der Waals surface area contributed by atoms with Crippen molar-refractivity contribution in [2.24, 2.45) is 5.92 Å². The first-order valence-electron chi connectivity index (χ1n) is 5.22. The Labute approximate surface area is 95.6 Å². The predicted molar refractivity (Wildman–Crippen MR) is 62.7 cm³/mol. The minimum atomic E-state index is -0.349. The molecule has 1 aromatic carbocycles. The Morgan fingerprint density at radius 3 is 2.60 bits per heavy atom. The second-order valence-corrected chi connectivity index (χ2v) is 4.23. The van der Waals surface area contributed by atoms with E-state index in [0.29, 0.717) is 5.92 Å². The summed E-state index contributed by atoms with van der Waals surface area (Å²) < 4.78 is 13.3. The lowest BCUT2D eigenvalue weighted by molar-refractivity contribution is 0.399. The van der Waals surface area contributed by atoms with Gasteiger partial charge in [-0.3, -0.25) is 0 Å². The van der Waals surface area contributed by atoms with Crippen LogP contribution < -0.4 is 5.32 Å². The zero-order valence-electron chi connectivity index (χ0n) is 9.35. The van der Waals surface area contributed by atoms with Crippen LogP contribution in [0.5, 0.6) is 0 Å². The van der Waals surface area contributed by atoms with E-state index in [0.717, 1.165) is 12.0 Å². The molecule has 15 heavy (non-hydrogen) atoms. The molecule has 0 bridgehead atoms. The molecular formula is C12H17ClFN. The molecule has 0 aromatic heterocycles. The van der Waals surface area contributed by atoms with Crippen LogP contribution >= 0.6 is 11.6 Å². The quantitative estimate of drug-likeness (QED) is 0.829. The van der Waals surface area contributed by atoms with Gasteiger partial charge in [-0.15, -0.1) is 0 Å². The normalized spacial score (nSPS) is 15.0. The van der Waals surface area contributed by atoms with Gasteiger partial charge in [-0.25, -0.2) is 4.39 Å². The van der Waals surface area contributed by atoms with Gasteiger partial charge in [-0.2, -0.15) is 0 Å². The summed E-state index contributed by atoms with van der Waals surface area (Å²) in [6.07, 6.45) is 1.05.